The lowest BCUT2D eigenvalue weighted by Gasteiger charge is -2.35. The predicted octanol–water partition coefficient (Wildman–Crippen LogP) is 1.64. The van der Waals surface area contributed by atoms with E-state index in [4.69, 9.17) is 11.5 Å². The zero-order valence-electron chi connectivity index (χ0n) is 12.8. The lowest BCUT2D eigenvalue weighted by molar-refractivity contribution is 0.488. The van der Waals surface area contributed by atoms with Gasteiger partial charge in [-0.15, -0.1) is 11.3 Å². The molecule has 1 aromatic carbocycles. The molecule has 0 radical (unpaired) electrons. The Morgan fingerprint density at radius 1 is 1.26 bits per heavy atom. The molecule has 8 heteroatoms. The molecule has 2 heterocycles. The predicted molar refractivity (Wildman–Crippen MR) is 92.5 cm³/mol. The Labute approximate surface area is 139 Å². The summed E-state index contributed by atoms with van der Waals surface area (Å²) in [6, 6.07) is 8.56. The molecule has 1 unspecified atom stereocenters. The van der Waals surface area contributed by atoms with Gasteiger partial charge in [0.2, 0.25) is 0 Å². The van der Waals surface area contributed by atoms with Gasteiger partial charge in [0.25, 0.3) is 0 Å². The molecular formula is C15H18N4O2S2. The number of fused-ring (bicyclic) bond motifs is 1. The van der Waals surface area contributed by atoms with Crippen molar-refractivity contribution in [3.05, 3.63) is 46.2 Å². The third-order valence-electron chi connectivity index (χ3n) is 3.81. The van der Waals surface area contributed by atoms with Crippen LogP contribution in [-0.2, 0) is 15.5 Å². The van der Waals surface area contributed by atoms with Crippen LogP contribution in [0, 0.1) is 0 Å². The summed E-state index contributed by atoms with van der Waals surface area (Å²) in [5.74, 6) is 0.162. The van der Waals surface area contributed by atoms with Gasteiger partial charge in [-0.2, -0.15) is 0 Å². The van der Waals surface area contributed by atoms with E-state index >= 15 is 0 Å². The van der Waals surface area contributed by atoms with Crippen LogP contribution >= 0.6 is 11.3 Å². The molecular weight excluding hydrogens is 332 g/mol. The Balaban J connectivity index is 2.27. The smallest absolute Gasteiger partial charge is 0.195 e. The molecule has 1 aromatic heterocycles. The van der Waals surface area contributed by atoms with Crippen molar-refractivity contribution in [2.24, 2.45) is 16.5 Å². The maximum atomic E-state index is 12.7. The fraction of sp³-hybridized carbons (Fsp3) is 0.267. The van der Waals surface area contributed by atoms with Gasteiger partial charge in [0.15, 0.2) is 21.5 Å². The number of benzene rings is 1. The molecule has 0 saturated carbocycles. The Hall–Kier alpha value is -1.90. The van der Waals surface area contributed by atoms with Crippen LogP contribution in [0.15, 0.2) is 45.6 Å². The lowest BCUT2D eigenvalue weighted by atomic mass is 9.96. The molecule has 0 spiro atoms. The molecule has 1 aliphatic heterocycles. The van der Waals surface area contributed by atoms with E-state index in [0.717, 1.165) is 4.88 Å². The summed E-state index contributed by atoms with van der Waals surface area (Å²) in [6.07, 6.45) is 0. The number of aliphatic imine (C=N–C) groups is 1. The SMILES string of the molecule is CC(C)S(=O)(=O)c1ccccc1C1(N)NC(N)=Nc2ccsc21. The van der Waals surface area contributed by atoms with Crippen molar-refractivity contribution >= 4 is 32.8 Å². The van der Waals surface area contributed by atoms with Crippen molar-refractivity contribution in [3.8, 4) is 0 Å². The highest BCUT2D eigenvalue weighted by molar-refractivity contribution is 7.92. The van der Waals surface area contributed by atoms with Gasteiger partial charge < -0.3 is 16.8 Å². The minimum absolute atomic E-state index is 0.162. The molecule has 6 nitrogen and oxygen atoms in total. The molecule has 0 fully saturated rings. The molecule has 2 aromatic rings. The third-order valence-corrected chi connectivity index (χ3v) is 7.06. The van der Waals surface area contributed by atoms with E-state index in [-0.39, 0.29) is 10.9 Å². The minimum Gasteiger partial charge on any atom is -0.370 e. The zero-order valence-corrected chi connectivity index (χ0v) is 14.4. The first-order valence-electron chi connectivity index (χ1n) is 7.09. The van der Waals surface area contributed by atoms with Gasteiger partial charge in [0.1, 0.15) is 0 Å². The topological polar surface area (TPSA) is 111 Å². The van der Waals surface area contributed by atoms with Crippen LogP contribution < -0.4 is 16.8 Å². The highest BCUT2D eigenvalue weighted by Crippen LogP contribution is 2.41. The van der Waals surface area contributed by atoms with Crippen LogP contribution in [0.3, 0.4) is 0 Å². The van der Waals surface area contributed by atoms with Gasteiger partial charge in [0, 0.05) is 5.56 Å². The average Bonchev–Trinajstić information content (AvgIpc) is 2.96. The van der Waals surface area contributed by atoms with Crippen molar-refractivity contribution in [1.29, 1.82) is 0 Å². The standard InChI is InChI=1S/C15H18N4O2S2/c1-9(2)23(20,21)12-6-4-3-5-10(12)15(17)13-11(7-8-22-13)18-14(16)19-15/h3-9H,17H2,1-2H3,(H3,16,18,19). The van der Waals surface area contributed by atoms with Crippen molar-refractivity contribution in [2.45, 2.75) is 29.7 Å². The first kappa shape index (κ1) is 16.0. The van der Waals surface area contributed by atoms with Crippen LogP contribution in [0.1, 0.15) is 24.3 Å². The number of hydrogen-bond donors (Lipinski definition) is 3. The summed E-state index contributed by atoms with van der Waals surface area (Å²) in [7, 11) is -3.49. The van der Waals surface area contributed by atoms with Crippen molar-refractivity contribution in [1.82, 2.24) is 5.32 Å². The normalized spacial score (nSPS) is 20.8. The molecule has 0 saturated heterocycles. The van der Waals surface area contributed by atoms with E-state index in [1.54, 1.807) is 38.1 Å². The second kappa shape index (κ2) is 5.33. The van der Waals surface area contributed by atoms with Gasteiger partial charge in [-0.25, -0.2) is 13.4 Å². The molecule has 0 aliphatic carbocycles. The highest BCUT2D eigenvalue weighted by atomic mass is 32.2. The molecule has 122 valence electrons. The first-order chi connectivity index (χ1) is 10.8. The van der Waals surface area contributed by atoms with Gasteiger partial charge >= 0.3 is 0 Å². The summed E-state index contributed by atoms with van der Waals surface area (Å²) >= 11 is 1.41. The fourth-order valence-corrected chi connectivity index (χ4v) is 4.81. The van der Waals surface area contributed by atoms with Crippen molar-refractivity contribution in [3.63, 3.8) is 0 Å². The minimum atomic E-state index is -3.49. The number of nitrogens with one attached hydrogen (secondary N) is 1. The molecule has 23 heavy (non-hydrogen) atoms. The molecule has 5 N–H and O–H groups in total. The van der Waals surface area contributed by atoms with Crippen LogP contribution in [0.5, 0.6) is 0 Å². The number of thiophene rings is 1. The van der Waals surface area contributed by atoms with Gasteiger partial charge in [0.05, 0.1) is 20.7 Å². The van der Waals surface area contributed by atoms with Crippen LogP contribution in [-0.4, -0.2) is 19.6 Å². The maximum absolute atomic E-state index is 12.7. The van der Waals surface area contributed by atoms with E-state index in [1.807, 2.05) is 11.4 Å². The Bertz CT molecular complexity index is 886. The Kier molecular flexibility index (Phi) is 3.70. The van der Waals surface area contributed by atoms with Gasteiger partial charge in [-0.05, 0) is 31.4 Å². The van der Waals surface area contributed by atoms with E-state index in [0.29, 0.717) is 11.3 Å². The van der Waals surface area contributed by atoms with Gasteiger partial charge in [-0.3, -0.25) is 0 Å². The highest BCUT2D eigenvalue weighted by Gasteiger charge is 2.40. The van der Waals surface area contributed by atoms with Crippen molar-refractivity contribution < 1.29 is 8.42 Å². The van der Waals surface area contributed by atoms with Crippen molar-refractivity contribution in [2.75, 3.05) is 0 Å². The Morgan fingerprint density at radius 2 is 1.96 bits per heavy atom. The largest absolute Gasteiger partial charge is 0.370 e. The maximum Gasteiger partial charge on any atom is 0.195 e. The molecule has 1 atom stereocenters. The summed E-state index contributed by atoms with van der Waals surface area (Å²) in [4.78, 5) is 5.16. The average molecular weight is 350 g/mol. The third kappa shape index (κ3) is 2.43. The summed E-state index contributed by atoms with van der Waals surface area (Å²) < 4.78 is 25.5. The number of nitrogens with two attached hydrogens (primary N) is 2. The quantitative estimate of drug-likeness (QED) is 0.779. The number of nitrogens with zero attached hydrogens (tertiary/aromatic N) is 1. The van der Waals surface area contributed by atoms with E-state index < -0.39 is 20.8 Å². The summed E-state index contributed by atoms with van der Waals surface area (Å²) in [5.41, 5.74) is 12.4. The Morgan fingerprint density at radius 3 is 2.65 bits per heavy atom. The lowest BCUT2D eigenvalue weighted by Crippen LogP contribution is -2.57. The molecule has 3 rings (SSSR count). The van der Waals surface area contributed by atoms with E-state index in [9.17, 15) is 8.42 Å². The van der Waals surface area contributed by atoms with Crippen LogP contribution in [0.2, 0.25) is 0 Å². The molecule has 0 amide bonds. The van der Waals surface area contributed by atoms with E-state index in [2.05, 4.69) is 10.3 Å². The second-order valence-corrected chi connectivity index (χ2v) is 9.04. The number of hydrogen-bond acceptors (Lipinski definition) is 7. The molecule has 0 bridgehead atoms. The molecule has 1 aliphatic rings. The summed E-state index contributed by atoms with van der Waals surface area (Å²) in [5, 5.41) is 4.26. The summed E-state index contributed by atoms with van der Waals surface area (Å²) in [6.45, 7) is 3.30. The zero-order chi connectivity index (χ0) is 16.8. The van der Waals surface area contributed by atoms with Gasteiger partial charge in [-0.1, -0.05) is 18.2 Å². The number of sulfone groups is 1. The number of rotatable bonds is 3. The first-order valence-corrected chi connectivity index (χ1v) is 9.52. The fourth-order valence-electron chi connectivity index (χ4n) is 2.59. The van der Waals surface area contributed by atoms with Crippen LogP contribution in [0.25, 0.3) is 0 Å². The van der Waals surface area contributed by atoms with Crippen LogP contribution in [0.4, 0.5) is 5.69 Å². The second-order valence-electron chi connectivity index (χ2n) is 5.65. The number of guanidine groups is 1. The monoisotopic (exact) mass is 350 g/mol. The van der Waals surface area contributed by atoms with E-state index in [1.165, 1.54) is 11.3 Å².